The molecule has 1 aliphatic rings. The summed E-state index contributed by atoms with van der Waals surface area (Å²) in [5, 5.41) is 11.4. The zero-order chi connectivity index (χ0) is 14.8. The summed E-state index contributed by atoms with van der Waals surface area (Å²) in [4.78, 5) is 36.3. The lowest BCUT2D eigenvalue weighted by Crippen LogP contribution is -2.64. The Morgan fingerprint density at radius 1 is 1.40 bits per heavy atom. The molecule has 0 aliphatic carbocycles. The van der Waals surface area contributed by atoms with E-state index in [9.17, 15) is 14.4 Å². The van der Waals surface area contributed by atoms with Crippen LogP contribution in [0.15, 0.2) is 30.3 Å². The predicted molar refractivity (Wildman–Crippen MR) is 68.4 cm³/mol. The van der Waals surface area contributed by atoms with Crippen LogP contribution in [-0.4, -0.2) is 40.9 Å². The van der Waals surface area contributed by atoms with Crippen LogP contribution in [0, 0.1) is 0 Å². The van der Waals surface area contributed by atoms with Crippen LogP contribution < -0.4 is 10.8 Å². The van der Waals surface area contributed by atoms with Crippen LogP contribution >= 0.6 is 0 Å². The highest BCUT2D eigenvalue weighted by Gasteiger charge is 2.45. The van der Waals surface area contributed by atoms with E-state index in [1.54, 1.807) is 31.2 Å². The van der Waals surface area contributed by atoms with Crippen LogP contribution in [0.5, 0.6) is 0 Å². The van der Waals surface area contributed by atoms with Crippen molar-refractivity contribution in [2.75, 3.05) is 13.1 Å². The SMILES string of the molecule is CC1(c2ccccc2)NCC(=O)N(CC(=O)NO)C1=O. The summed E-state index contributed by atoms with van der Waals surface area (Å²) in [6, 6.07) is 8.94. The van der Waals surface area contributed by atoms with Crippen molar-refractivity contribution < 1.29 is 19.6 Å². The Hall–Kier alpha value is -2.25. The molecule has 0 aromatic heterocycles. The number of carbonyl (C=O) groups is 3. The third-order valence-corrected chi connectivity index (χ3v) is 3.34. The van der Waals surface area contributed by atoms with E-state index >= 15 is 0 Å². The Bertz CT molecular complexity index is 546. The Morgan fingerprint density at radius 2 is 2.05 bits per heavy atom. The van der Waals surface area contributed by atoms with Gasteiger partial charge in [0.25, 0.3) is 11.8 Å². The van der Waals surface area contributed by atoms with Gasteiger partial charge < -0.3 is 0 Å². The van der Waals surface area contributed by atoms with Gasteiger partial charge in [-0.25, -0.2) is 5.48 Å². The second kappa shape index (κ2) is 5.40. The van der Waals surface area contributed by atoms with Gasteiger partial charge in [0.15, 0.2) is 0 Å². The van der Waals surface area contributed by atoms with Gasteiger partial charge in [0.1, 0.15) is 12.1 Å². The summed E-state index contributed by atoms with van der Waals surface area (Å²) >= 11 is 0. The van der Waals surface area contributed by atoms with Crippen molar-refractivity contribution in [2.45, 2.75) is 12.5 Å². The van der Waals surface area contributed by atoms with E-state index in [0.29, 0.717) is 5.56 Å². The van der Waals surface area contributed by atoms with Gasteiger partial charge in [-0.05, 0) is 12.5 Å². The third kappa shape index (κ3) is 2.40. The monoisotopic (exact) mass is 277 g/mol. The first kappa shape index (κ1) is 14.2. The van der Waals surface area contributed by atoms with Crippen LogP contribution in [0.25, 0.3) is 0 Å². The number of hydrogen-bond donors (Lipinski definition) is 3. The normalized spacial score (nSPS) is 22.8. The van der Waals surface area contributed by atoms with Gasteiger partial charge in [0.2, 0.25) is 5.91 Å². The van der Waals surface area contributed by atoms with Gasteiger partial charge in [-0.2, -0.15) is 0 Å². The van der Waals surface area contributed by atoms with Crippen molar-refractivity contribution in [3.05, 3.63) is 35.9 Å². The smallest absolute Gasteiger partial charge is 0.263 e. The maximum Gasteiger partial charge on any atom is 0.263 e. The number of nitrogens with zero attached hydrogens (tertiary/aromatic N) is 1. The molecule has 0 bridgehead atoms. The van der Waals surface area contributed by atoms with E-state index < -0.39 is 29.8 Å². The lowest BCUT2D eigenvalue weighted by atomic mass is 9.88. The van der Waals surface area contributed by atoms with Crippen molar-refractivity contribution in [3.63, 3.8) is 0 Å². The first-order valence-electron chi connectivity index (χ1n) is 6.07. The van der Waals surface area contributed by atoms with E-state index in [2.05, 4.69) is 5.32 Å². The van der Waals surface area contributed by atoms with E-state index in [1.807, 2.05) is 6.07 Å². The molecule has 1 saturated heterocycles. The molecule has 0 spiro atoms. The van der Waals surface area contributed by atoms with Crippen molar-refractivity contribution in [1.29, 1.82) is 0 Å². The van der Waals surface area contributed by atoms with Crippen molar-refractivity contribution in [3.8, 4) is 0 Å². The molecule has 1 aromatic rings. The summed E-state index contributed by atoms with van der Waals surface area (Å²) in [5.74, 6) is -1.85. The maximum absolute atomic E-state index is 12.5. The van der Waals surface area contributed by atoms with Crippen LogP contribution in [0.3, 0.4) is 0 Å². The molecular formula is C13H15N3O4. The molecule has 1 heterocycles. The molecule has 20 heavy (non-hydrogen) atoms. The molecule has 1 aliphatic heterocycles. The van der Waals surface area contributed by atoms with E-state index in [0.717, 1.165) is 4.90 Å². The molecule has 106 valence electrons. The number of piperazine rings is 1. The number of hydrogen-bond acceptors (Lipinski definition) is 5. The molecule has 1 aromatic carbocycles. The van der Waals surface area contributed by atoms with Gasteiger partial charge in [0, 0.05) is 0 Å². The zero-order valence-electron chi connectivity index (χ0n) is 10.9. The van der Waals surface area contributed by atoms with Gasteiger partial charge in [0.05, 0.1) is 6.54 Å². The van der Waals surface area contributed by atoms with Crippen LogP contribution in [-0.2, 0) is 19.9 Å². The van der Waals surface area contributed by atoms with Crippen LogP contribution in [0.4, 0.5) is 0 Å². The molecule has 1 atom stereocenters. The summed E-state index contributed by atoms with van der Waals surface area (Å²) < 4.78 is 0. The maximum atomic E-state index is 12.5. The number of rotatable bonds is 3. The summed E-state index contributed by atoms with van der Waals surface area (Å²) in [6.45, 7) is 1.09. The Kier molecular flexibility index (Phi) is 3.82. The Labute approximate surface area is 115 Å². The fourth-order valence-corrected chi connectivity index (χ4v) is 2.14. The molecule has 3 amide bonds. The fraction of sp³-hybridized carbons (Fsp3) is 0.308. The number of imide groups is 1. The van der Waals surface area contributed by atoms with Crippen molar-refractivity contribution >= 4 is 17.7 Å². The molecule has 7 nitrogen and oxygen atoms in total. The number of amides is 3. The number of carbonyl (C=O) groups excluding carboxylic acids is 3. The van der Waals surface area contributed by atoms with Crippen molar-refractivity contribution in [1.82, 2.24) is 15.7 Å². The minimum absolute atomic E-state index is 0.0597. The lowest BCUT2D eigenvalue weighted by molar-refractivity contribution is -0.156. The second-order valence-electron chi connectivity index (χ2n) is 4.66. The molecule has 7 heteroatoms. The minimum Gasteiger partial charge on any atom is -0.291 e. The average Bonchev–Trinajstić information content (AvgIpc) is 2.48. The van der Waals surface area contributed by atoms with Crippen LogP contribution in [0.2, 0.25) is 0 Å². The molecule has 3 N–H and O–H groups in total. The first-order chi connectivity index (χ1) is 9.49. The Morgan fingerprint density at radius 3 is 2.65 bits per heavy atom. The first-order valence-corrected chi connectivity index (χ1v) is 6.07. The topological polar surface area (TPSA) is 98.7 Å². The minimum atomic E-state index is -1.08. The summed E-state index contributed by atoms with van der Waals surface area (Å²) in [5.41, 5.74) is 1.04. The van der Waals surface area contributed by atoms with Gasteiger partial charge in [-0.15, -0.1) is 0 Å². The quantitative estimate of drug-likeness (QED) is 0.388. The number of benzene rings is 1. The fourth-order valence-electron chi connectivity index (χ4n) is 2.14. The molecular weight excluding hydrogens is 262 g/mol. The molecule has 2 rings (SSSR count). The van der Waals surface area contributed by atoms with E-state index in [1.165, 1.54) is 5.48 Å². The van der Waals surface area contributed by atoms with Crippen molar-refractivity contribution in [2.24, 2.45) is 0 Å². The Balaban J connectivity index is 2.31. The highest BCUT2D eigenvalue weighted by molar-refractivity contribution is 6.05. The van der Waals surface area contributed by atoms with Gasteiger partial charge >= 0.3 is 0 Å². The zero-order valence-corrected chi connectivity index (χ0v) is 10.9. The predicted octanol–water partition coefficient (Wildman–Crippen LogP) is -0.634. The van der Waals surface area contributed by atoms with E-state index in [-0.39, 0.29) is 6.54 Å². The lowest BCUT2D eigenvalue weighted by Gasteiger charge is -2.38. The highest BCUT2D eigenvalue weighted by Crippen LogP contribution is 2.25. The highest BCUT2D eigenvalue weighted by atomic mass is 16.5. The van der Waals surface area contributed by atoms with Crippen LogP contribution in [0.1, 0.15) is 12.5 Å². The van der Waals surface area contributed by atoms with E-state index in [4.69, 9.17) is 5.21 Å². The average molecular weight is 277 g/mol. The molecule has 0 radical (unpaired) electrons. The third-order valence-electron chi connectivity index (χ3n) is 3.34. The molecule has 0 saturated carbocycles. The molecule has 1 unspecified atom stereocenters. The standard InChI is InChI=1S/C13H15N3O4/c1-13(9-5-3-2-4-6-9)12(19)16(8-10(17)15-20)11(18)7-14-13/h2-6,14,20H,7-8H2,1H3,(H,15,17). The summed E-state index contributed by atoms with van der Waals surface area (Å²) in [6.07, 6.45) is 0. The largest absolute Gasteiger partial charge is 0.291 e. The second-order valence-corrected chi connectivity index (χ2v) is 4.66. The number of hydroxylamine groups is 1. The molecule has 1 fully saturated rings. The van der Waals surface area contributed by atoms with Gasteiger partial charge in [-0.3, -0.25) is 29.8 Å². The summed E-state index contributed by atoms with van der Waals surface area (Å²) in [7, 11) is 0. The number of nitrogens with one attached hydrogen (secondary N) is 2. The van der Waals surface area contributed by atoms with Gasteiger partial charge in [-0.1, -0.05) is 30.3 Å².